The van der Waals surface area contributed by atoms with Gasteiger partial charge in [0.25, 0.3) is 0 Å². The van der Waals surface area contributed by atoms with Crippen LogP contribution in [0.5, 0.6) is 0 Å². The van der Waals surface area contributed by atoms with Crippen LogP contribution in [0.3, 0.4) is 0 Å². The van der Waals surface area contributed by atoms with Crippen LogP contribution in [0.1, 0.15) is 19.4 Å². The Balaban J connectivity index is 1.48. The third-order valence-electron chi connectivity index (χ3n) is 5.16. The molecular formula is C22H30N4O. The molecule has 0 unspecified atom stereocenters. The molecule has 0 saturated carbocycles. The molecule has 2 amide bonds. The van der Waals surface area contributed by atoms with E-state index in [2.05, 4.69) is 65.4 Å². The summed E-state index contributed by atoms with van der Waals surface area (Å²) < 4.78 is 0. The molecule has 1 aliphatic heterocycles. The van der Waals surface area contributed by atoms with Gasteiger partial charge in [-0.05, 0) is 43.7 Å². The summed E-state index contributed by atoms with van der Waals surface area (Å²) in [5, 5.41) is 3.03. The van der Waals surface area contributed by atoms with Crippen LogP contribution in [0.2, 0.25) is 0 Å². The minimum Gasteiger partial charge on any atom is -0.372 e. The van der Waals surface area contributed by atoms with Gasteiger partial charge in [-0.15, -0.1) is 0 Å². The number of hydrogen-bond acceptors (Lipinski definition) is 3. The summed E-state index contributed by atoms with van der Waals surface area (Å²) in [7, 11) is 0. The van der Waals surface area contributed by atoms with Gasteiger partial charge in [0, 0.05) is 57.2 Å². The number of nitrogens with zero attached hydrogens (tertiary/aromatic N) is 3. The Kier molecular flexibility index (Phi) is 6.71. The van der Waals surface area contributed by atoms with E-state index in [1.165, 1.54) is 11.3 Å². The predicted molar refractivity (Wildman–Crippen MR) is 112 cm³/mol. The number of piperazine rings is 1. The molecule has 2 aromatic carbocycles. The molecule has 3 rings (SSSR count). The van der Waals surface area contributed by atoms with Crippen LogP contribution in [0.4, 0.5) is 16.2 Å². The van der Waals surface area contributed by atoms with Crippen molar-refractivity contribution in [2.24, 2.45) is 0 Å². The van der Waals surface area contributed by atoms with Gasteiger partial charge in [-0.25, -0.2) is 4.79 Å². The molecule has 0 atom stereocenters. The van der Waals surface area contributed by atoms with Crippen molar-refractivity contribution in [3.05, 3.63) is 60.2 Å². The molecule has 1 saturated heterocycles. The minimum atomic E-state index is -0.00931. The molecule has 0 aliphatic carbocycles. The number of nitrogens with one attached hydrogen (secondary N) is 1. The average molecular weight is 367 g/mol. The summed E-state index contributed by atoms with van der Waals surface area (Å²) in [6, 6.07) is 18.6. The summed E-state index contributed by atoms with van der Waals surface area (Å²) in [4.78, 5) is 19.1. The number of rotatable bonds is 6. The predicted octanol–water partition coefficient (Wildman–Crippen LogP) is 3.88. The van der Waals surface area contributed by atoms with Crippen molar-refractivity contribution in [2.75, 3.05) is 49.5 Å². The standard InChI is InChI=1S/C22H30N4O/c1-3-25(4-2)21-12-10-20(11-13-21)23-22(27)26-16-14-24(15-17-26)18-19-8-6-5-7-9-19/h5-13H,3-4,14-18H2,1-2H3,(H,23,27). The fourth-order valence-corrected chi connectivity index (χ4v) is 3.50. The second kappa shape index (κ2) is 9.42. The van der Waals surface area contributed by atoms with E-state index < -0.39 is 0 Å². The molecule has 5 nitrogen and oxygen atoms in total. The normalized spacial score (nSPS) is 14.8. The van der Waals surface area contributed by atoms with Crippen molar-refractivity contribution in [1.29, 1.82) is 0 Å². The van der Waals surface area contributed by atoms with Gasteiger partial charge in [0.15, 0.2) is 0 Å². The molecule has 0 aromatic heterocycles. The number of urea groups is 1. The molecule has 0 radical (unpaired) electrons. The maximum Gasteiger partial charge on any atom is 0.321 e. The van der Waals surface area contributed by atoms with Crippen molar-refractivity contribution in [3.8, 4) is 0 Å². The van der Waals surface area contributed by atoms with E-state index in [4.69, 9.17) is 0 Å². The van der Waals surface area contributed by atoms with Crippen molar-refractivity contribution in [2.45, 2.75) is 20.4 Å². The molecule has 0 spiro atoms. The summed E-state index contributed by atoms with van der Waals surface area (Å²) in [5.74, 6) is 0. The number of benzene rings is 2. The van der Waals surface area contributed by atoms with Gasteiger partial charge in [0.2, 0.25) is 0 Å². The summed E-state index contributed by atoms with van der Waals surface area (Å²) in [5.41, 5.74) is 3.36. The molecule has 144 valence electrons. The van der Waals surface area contributed by atoms with Gasteiger partial charge < -0.3 is 15.1 Å². The highest BCUT2D eigenvalue weighted by molar-refractivity contribution is 5.89. The molecular weight excluding hydrogens is 336 g/mol. The minimum absolute atomic E-state index is 0.00931. The lowest BCUT2D eigenvalue weighted by atomic mass is 10.2. The number of hydrogen-bond donors (Lipinski definition) is 1. The van der Waals surface area contributed by atoms with Crippen LogP contribution in [0, 0.1) is 0 Å². The largest absolute Gasteiger partial charge is 0.372 e. The third kappa shape index (κ3) is 5.23. The first-order chi connectivity index (χ1) is 13.2. The lowest BCUT2D eigenvalue weighted by molar-refractivity contribution is 0.143. The highest BCUT2D eigenvalue weighted by atomic mass is 16.2. The van der Waals surface area contributed by atoms with Gasteiger partial charge >= 0.3 is 6.03 Å². The monoisotopic (exact) mass is 366 g/mol. The maximum atomic E-state index is 12.5. The van der Waals surface area contributed by atoms with E-state index in [1.54, 1.807) is 0 Å². The number of amides is 2. The van der Waals surface area contributed by atoms with Gasteiger partial charge in [-0.2, -0.15) is 0 Å². The van der Waals surface area contributed by atoms with Gasteiger partial charge in [0.05, 0.1) is 0 Å². The number of carbonyl (C=O) groups excluding carboxylic acids is 1. The molecule has 1 N–H and O–H groups in total. The van der Waals surface area contributed by atoms with E-state index in [0.29, 0.717) is 0 Å². The summed E-state index contributed by atoms with van der Waals surface area (Å²) in [6.45, 7) is 10.5. The Hall–Kier alpha value is -2.53. The Labute approximate surface area is 162 Å². The van der Waals surface area contributed by atoms with E-state index in [9.17, 15) is 4.79 Å². The lowest BCUT2D eigenvalue weighted by Gasteiger charge is -2.34. The van der Waals surface area contributed by atoms with Crippen molar-refractivity contribution < 1.29 is 4.79 Å². The zero-order chi connectivity index (χ0) is 19.1. The van der Waals surface area contributed by atoms with Crippen molar-refractivity contribution in [3.63, 3.8) is 0 Å². The quantitative estimate of drug-likeness (QED) is 0.843. The Bertz CT molecular complexity index is 705. The zero-order valence-corrected chi connectivity index (χ0v) is 16.4. The zero-order valence-electron chi connectivity index (χ0n) is 16.4. The van der Waals surface area contributed by atoms with Crippen LogP contribution in [-0.4, -0.2) is 55.1 Å². The van der Waals surface area contributed by atoms with Crippen LogP contribution in [0.25, 0.3) is 0 Å². The average Bonchev–Trinajstić information content (AvgIpc) is 2.71. The molecule has 0 bridgehead atoms. The Morgan fingerprint density at radius 3 is 2.15 bits per heavy atom. The fourth-order valence-electron chi connectivity index (χ4n) is 3.50. The van der Waals surface area contributed by atoms with E-state index in [1.807, 2.05) is 23.1 Å². The van der Waals surface area contributed by atoms with Crippen molar-refractivity contribution in [1.82, 2.24) is 9.80 Å². The second-order valence-corrected chi connectivity index (χ2v) is 6.90. The van der Waals surface area contributed by atoms with Crippen LogP contribution < -0.4 is 10.2 Å². The maximum absolute atomic E-state index is 12.5. The van der Waals surface area contributed by atoms with Crippen LogP contribution in [0.15, 0.2) is 54.6 Å². The first kappa shape index (κ1) is 19.2. The van der Waals surface area contributed by atoms with Crippen LogP contribution >= 0.6 is 0 Å². The molecule has 5 heteroatoms. The molecule has 27 heavy (non-hydrogen) atoms. The van der Waals surface area contributed by atoms with E-state index in [0.717, 1.165) is 51.5 Å². The highest BCUT2D eigenvalue weighted by Crippen LogP contribution is 2.18. The highest BCUT2D eigenvalue weighted by Gasteiger charge is 2.21. The van der Waals surface area contributed by atoms with Crippen molar-refractivity contribution >= 4 is 17.4 Å². The SMILES string of the molecule is CCN(CC)c1ccc(NC(=O)N2CCN(Cc3ccccc3)CC2)cc1. The first-order valence-corrected chi connectivity index (χ1v) is 9.86. The number of carbonyl (C=O) groups is 1. The summed E-state index contributed by atoms with van der Waals surface area (Å²) >= 11 is 0. The van der Waals surface area contributed by atoms with Gasteiger partial charge in [-0.1, -0.05) is 30.3 Å². The lowest BCUT2D eigenvalue weighted by Crippen LogP contribution is -2.49. The Morgan fingerprint density at radius 2 is 1.56 bits per heavy atom. The first-order valence-electron chi connectivity index (χ1n) is 9.86. The second-order valence-electron chi connectivity index (χ2n) is 6.90. The topological polar surface area (TPSA) is 38.8 Å². The fraction of sp³-hybridized carbons (Fsp3) is 0.409. The molecule has 1 fully saturated rings. The summed E-state index contributed by atoms with van der Waals surface area (Å²) in [6.07, 6.45) is 0. The Morgan fingerprint density at radius 1 is 0.926 bits per heavy atom. The number of anilines is 2. The van der Waals surface area contributed by atoms with E-state index >= 15 is 0 Å². The van der Waals surface area contributed by atoms with Gasteiger partial charge in [-0.3, -0.25) is 4.90 Å². The molecule has 1 aliphatic rings. The van der Waals surface area contributed by atoms with Gasteiger partial charge in [0.1, 0.15) is 0 Å². The third-order valence-corrected chi connectivity index (χ3v) is 5.16. The molecule has 1 heterocycles. The van der Waals surface area contributed by atoms with E-state index in [-0.39, 0.29) is 6.03 Å². The smallest absolute Gasteiger partial charge is 0.321 e. The van der Waals surface area contributed by atoms with Crippen LogP contribution in [-0.2, 0) is 6.54 Å². The molecule has 2 aromatic rings.